The molecule has 1 saturated heterocycles. The maximum atomic E-state index is 13.2. The van der Waals surface area contributed by atoms with Crippen molar-refractivity contribution in [2.24, 2.45) is 5.92 Å². The van der Waals surface area contributed by atoms with E-state index in [1.165, 1.54) is 24.3 Å². The second kappa shape index (κ2) is 9.61. The molecule has 2 aromatic carbocycles. The van der Waals surface area contributed by atoms with Crippen LogP contribution in [0.15, 0.2) is 42.5 Å². The van der Waals surface area contributed by atoms with Gasteiger partial charge in [0.15, 0.2) is 11.5 Å². The van der Waals surface area contributed by atoms with Crippen molar-refractivity contribution >= 4 is 11.8 Å². The zero-order valence-corrected chi connectivity index (χ0v) is 17.5. The number of hydrogen-bond acceptors (Lipinski definition) is 4. The molecule has 2 amide bonds. The molecule has 1 heterocycles. The first-order chi connectivity index (χ1) is 14.5. The monoisotopic (exact) mass is 414 g/mol. The Morgan fingerprint density at radius 3 is 2.47 bits per heavy atom. The molecule has 1 fully saturated rings. The third-order valence-corrected chi connectivity index (χ3v) is 5.42. The maximum absolute atomic E-state index is 13.2. The number of benzene rings is 2. The molecule has 2 atom stereocenters. The lowest BCUT2D eigenvalue weighted by Crippen LogP contribution is -2.36. The summed E-state index contributed by atoms with van der Waals surface area (Å²) in [5.74, 6) is -0.267. The third-order valence-electron chi connectivity index (χ3n) is 5.42. The molecule has 6 nitrogen and oxygen atoms in total. The van der Waals surface area contributed by atoms with Gasteiger partial charge in [-0.15, -0.1) is 0 Å². The Labute approximate surface area is 176 Å². The number of nitrogens with one attached hydrogen (secondary N) is 1. The van der Waals surface area contributed by atoms with E-state index in [1.54, 1.807) is 25.2 Å². The van der Waals surface area contributed by atoms with Crippen molar-refractivity contribution in [3.63, 3.8) is 0 Å². The second-order valence-electron chi connectivity index (χ2n) is 7.30. The number of carbonyl (C=O) groups excluding carboxylic acids is 2. The van der Waals surface area contributed by atoms with Gasteiger partial charge >= 0.3 is 0 Å². The second-order valence-corrected chi connectivity index (χ2v) is 7.30. The zero-order valence-electron chi connectivity index (χ0n) is 17.5. The molecule has 1 aliphatic heterocycles. The average molecular weight is 414 g/mol. The van der Waals surface area contributed by atoms with Crippen molar-refractivity contribution in [2.45, 2.75) is 19.3 Å². The smallest absolute Gasteiger partial charge is 0.253 e. The summed E-state index contributed by atoms with van der Waals surface area (Å²) in [4.78, 5) is 27.6. The van der Waals surface area contributed by atoms with Gasteiger partial charge in [-0.3, -0.25) is 9.59 Å². The molecule has 1 N–H and O–H groups in total. The summed E-state index contributed by atoms with van der Waals surface area (Å²) in [5, 5.41) is 2.95. The molecule has 30 heavy (non-hydrogen) atoms. The Morgan fingerprint density at radius 2 is 1.83 bits per heavy atom. The first-order valence-corrected chi connectivity index (χ1v) is 10.0. The quantitative estimate of drug-likeness (QED) is 0.755. The van der Waals surface area contributed by atoms with E-state index in [2.05, 4.69) is 5.32 Å². The van der Waals surface area contributed by atoms with Gasteiger partial charge in [-0.2, -0.15) is 0 Å². The summed E-state index contributed by atoms with van der Waals surface area (Å²) < 4.78 is 24.2. The Kier molecular flexibility index (Phi) is 6.92. The molecule has 1 aliphatic rings. The van der Waals surface area contributed by atoms with E-state index in [0.717, 1.165) is 12.0 Å². The van der Waals surface area contributed by atoms with Crippen LogP contribution in [-0.2, 0) is 4.79 Å². The van der Waals surface area contributed by atoms with Gasteiger partial charge < -0.3 is 19.7 Å². The molecule has 7 heteroatoms. The van der Waals surface area contributed by atoms with Crippen LogP contribution in [0.4, 0.5) is 4.39 Å². The lowest BCUT2D eigenvalue weighted by atomic mass is 9.87. The van der Waals surface area contributed by atoms with E-state index < -0.39 is 11.7 Å². The predicted molar refractivity (Wildman–Crippen MR) is 111 cm³/mol. The highest BCUT2D eigenvalue weighted by Crippen LogP contribution is 2.42. The van der Waals surface area contributed by atoms with Crippen molar-refractivity contribution < 1.29 is 23.5 Å². The van der Waals surface area contributed by atoms with E-state index in [1.807, 2.05) is 19.1 Å². The fraction of sp³-hybridized carbons (Fsp3) is 0.391. The van der Waals surface area contributed by atoms with Crippen LogP contribution in [0.3, 0.4) is 0 Å². The highest BCUT2D eigenvalue weighted by molar-refractivity contribution is 5.95. The molecule has 0 unspecified atom stereocenters. The molecular formula is C23H27FN2O4. The van der Waals surface area contributed by atoms with Crippen molar-refractivity contribution in [1.29, 1.82) is 0 Å². The summed E-state index contributed by atoms with van der Waals surface area (Å²) in [6.45, 7) is 3.19. The molecule has 0 spiro atoms. The van der Waals surface area contributed by atoms with Gasteiger partial charge in [0.1, 0.15) is 5.82 Å². The number of amides is 2. The standard InChI is InChI=1S/C23H27FN2O4/c1-4-12-25-22(27)19-14-26(23(28)15-8-10-16(24)11-9-15)13-18(19)17-6-5-7-20(29-2)21(17)30-3/h5-11,18-19H,4,12-14H2,1-3H3,(H,25,27)/t18-,19+/m1/s1. The summed E-state index contributed by atoms with van der Waals surface area (Å²) >= 11 is 0. The minimum atomic E-state index is -0.429. The van der Waals surface area contributed by atoms with Gasteiger partial charge in [0.25, 0.3) is 5.91 Å². The van der Waals surface area contributed by atoms with Crippen LogP contribution in [0.1, 0.15) is 35.2 Å². The van der Waals surface area contributed by atoms with Crippen molar-refractivity contribution in [3.8, 4) is 11.5 Å². The molecule has 2 aromatic rings. The minimum absolute atomic E-state index is 0.0962. The first-order valence-electron chi connectivity index (χ1n) is 10.0. The van der Waals surface area contributed by atoms with Gasteiger partial charge in [-0.05, 0) is 36.8 Å². The number of halogens is 1. The van der Waals surface area contributed by atoms with Gasteiger partial charge in [-0.25, -0.2) is 4.39 Å². The number of hydrogen-bond donors (Lipinski definition) is 1. The molecule has 0 bridgehead atoms. The number of carbonyl (C=O) groups is 2. The number of rotatable bonds is 7. The molecule has 0 radical (unpaired) electrons. The highest BCUT2D eigenvalue weighted by atomic mass is 19.1. The Bertz CT molecular complexity index is 901. The van der Waals surface area contributed by atoms with Gasteiger partial charge in [0.2, 0.25) is 5.91 Å². The number of nitrogens with zero attached hydrogens (tertiary/aromatic N) is 1. The fourth-order valence-corrected chi connectivity index (χ4v) is 3.91. The fourth-order valence-electron chi connectivity index (χ4n) is 3.91. The predicted octanol–water partition coefficient (Wildman–Crippen LogP) is 3.22. The van der Waals surface area contributed by atoms with Crippen molar-refractivity contribution in [2.75, 3.05) is 33.9 Å². The van der Waals surface area contributed by atoms with E-state index in [4.69, 9.17) is 9.47 Å². The minimum Gasteiger partial charge on any atom is -0.493 e. The Balaban J connectivity index is 1.94. The van der Waals surface area contributed by atoms with Crippen LogP contribution in [0.25, 0.3) is 0 Å². The average Bonchev–Trinajstić information content (AvgIpc) is 3.22. The van der Waals surface area contributed by atoms with E-state index in [9.17, 15) is 14.0 Å². The normalized spacial score (nSPS) is 18.2. The lowest BCUT2D eigenvalue weighted by molar-refractivity contribution is -0.124. The molecule has 160 valence electrons. The Morgan fingerprint density at radius 1 is 1.10 bits per heavy atom. The molecule has 3 rings (SSSR count). The maximum Gasteiger partial charge on any atom is 0.253 e. The van der Waals surface area contributed by atoms with Crippen molar-refractivity contribution in [1.82, 2.24) is 10.2 Å². The van der Waals surface area contributed by atoms with E-state index in [0.29, 0.717) is 30.2 Å². The zero-order chi connectivity index (χ0) is 21.7. The highest BCUT2D eigenvalue weighted by Gasteiger charge is 2.42. The van der Waals surface area contributed by atoms with Crippen LogP contribution in [0.5, 0.6) is 11.5 Å². The van der Waals surface area contributed by atoms with Crippen LogP contribution in [-0.4, -0.2) is 50.6 Å². The molecular weight excluding hydrogens is 387 g/mol. The summed E-state index contributed by atoms with van der Waals surface area (Å²) in [5.41, 5.74) is 1.21. The van der Waals surface area contributed by atoms with Crippen molar-refractivity contribution in [3.05, 3.63) is 59.4 Å². The first kappa shape index (κ1) is 21.6. The van der Waals surface area contributed by atoms with Crippen LogP contribution in [0.2, 0.25) is 0 Å². The van der Waals surface area contributed by atoms with Gasteiger partial charge in [0, 0.05) is 36.7 Å². The molecule has 0 aliphatic carbocycles. The third kappa shape index (κ3) is 4.40. The van der Waals surface area contributed by atoms with E-state index in [-0.39, 0.29) is 24.3 Å². The summed E-state index contributed by atoms with van der Waals surface area (Å²) in [7, 11) is 3.12. The largest absolute Gasteiger partial charge is 0.493 e. The number of para-hydroxylation sites is 1. The SMILES string of the molecule is CCCNC(=O)[C@H]1CN(C(=O)c2ccc(F)cc2)C[C@@H]1c1cccc(OC)c1OC. The van der Waals surface area contributed by atoms with Gasteiger partial charge in [0.05, 0.1) is 20.1 Å². The lowest BCUT2D eigenvalue weighted by Gasteiger charge is -2.21. The number of likely N-dealkylation sites (tertiary alicyclic amines) is 1. The van der Waals surface area contributed by atoms with Crippen LogP contribution < -0.4 is 14.8 Å². The number of methoxy groups -OCH3 is 2. The van der Waals surface area contributed by atoms with Gasteiger partial charge in [-0.1, -0.05) is 19.1 Å². The Hall–Kier alpha value is -3.09. The van der Waals surface area contributed by atoms with Crippen LogP contribution >= 0.6 is 0 Å². The molecule has 0 saturated carbocycles. The van der Waals surface area contributed by atoms with E-state index >= 15 is 0 Å². The number of ether oxygens (including phenoxy) is 2. The topological polar surface area (TPSA) is 67.9 Å². The van der Waals surface area contributed by atoms with Crippen LogP contribution in [0, 0.1) is 11.7 Å². The summed E-state index contributed by atoms with van der Waals surface area (Å²) in [6.07, 6.45) is 0.823. The molecule has 0 aromatic heterocycles. The summed E-state index contributed by atoms with van der Waals surface area (Å²) in [6, 6.07) is 11.0.